The van der Waals surface area contributed by atoms with Crippen molar-refractivity contribution in [3.63, 3.8) is 0 Å². The summed E-state index contributed by atoms with van der Waals surface area (Å²) >= 11 is 2.03. The number of benzene rings is 1. The fourth-order valence-electron chi connectivity index (χ4n) is 3.02. The zero-order valence-corrected chi connectivity index (χ0v) is 11.5. The highest BCUT2D eigenvalue weighted by Gasteiger charge is 2.41. The molecular formula is C13H13FINO. The zero-order chi connectivity index (χ0) is 12.0. The third-order valence-corrected chi connectivity index (χ3v) is 4.75. The molecule has 0 spiro atoms. The second kappa shape index (κ2) is 4.23. The second-order valence-corrected chi connectivity index (χ2v) is 6.05. The molecule has 0 N–H and O–H groups in total. The van der Waals surface area contributed by atoms with E-state index < -0.39 is 5.82 Å². The van der Waals surface area contributed by atoms with E-state index in [2.05, 4.69) is 0 Å². The molecular weight excluding hydrogens is 332 g/mol. The standard InChI is InChI=1S/C13H13FINO/c14-10-2-1-3-11(15)12(10)13(17)16-7-8-4-5-9(16)6-8/h1-3,8-9H,4-7H2/t8-,9-/m0/s1. The maximum atomic E-state index is 13.7. The van der Waals surface area contributed by atoms with Crippen molar-refractivity contribution in [2.45, 2.75) is 25.3 Å². The molecule has 1 saturated heterocycles. The number of nitrogens with zero attached hydrogens (tertiary/aromatic N) is 1. The van der Waals surface area contributed by atoms with Crippen molar-refractivity contribution >= 4 is 28.5 Å². The van der Waals surface area contributed by atoms with Gasteiger partial charge in [0.15, 0.2) is 0 Å². The number of hydrogen-bond acceptors (Lipinski definition) is 1. The summed E-state index contributed by atoms with van der Waals surface area (Å²) in [5.74, 6) is 0.123. The molecule has 2 fully saturated rings. The van der Waals surface area contributed by atoms with Crippen LogP contribution in [-0.2, 0) is 0 Å². The largest absolute Gasteiger partial charge is 0.335 e. The normalized spacial score (nSPS) is 26.6. The van der Waals surface area contributed by atoms with Gasteiger partial charge in [0, 0.05) is 16.2 Å². The van der Waals surface area contributed by atoms with Gasteiger partial charge in [0.25, 0.3) is 5.91 Å². The SMILES string of the molecule is O=C(c1c(F)cccc1I)N1C[C@H]2CC[C@H]1C2. The number of hydrogen-bond donors (Lipinski definition) is 0. The summed E-state index contributed by atoms with van der Waals surface area (Å²) in [7, 11) is 0. The lowest BCUT2D eigenvalue weighted by Crippen LogP contribution is -2.38. The molecule has 1 aromatic rings. The van der Waals surface area contributed by atoms with Crippen LogP contribution >= 0.6 is 22.6 Å². The van der Waals surface area contributed by atoms with Crippen LogP contribution in [0, 0.1) is 15.3 Å². The van der Waals surface area contributed by atoms with Crippen LogP contribution in [0.2, 0.25) is 0 Å². The van der Waals surface area contributed by atoms with Crippen LogP contribution in [0.5, 0.6) is 0 Å². The number of carbonyl (C=O) groups is 1. The Morgan fingerprint density at radius 1 is 1.41 bits per heavy atom. The maximum absolute atomic E-state index is 13.7. The molecule has 2 bridgehead atoms. The van der Waals surface area contributed by atoms with Gasteiger partial charge in [-0.3, -0.25) is 4.79 Å². The molecule has 2 aliphatic rings. The molecule has 0 radical (unpaired) electrons. The van der Waals surface area contributed by atoms with Crippen LogP contribution in [0.3, 0.4) is 0 Å². The summed E-state index contributed by atoms with van der Waals surface area (Å²) in [5.41, 5.74) is 0.251. The van der Waals surface area contributed by atoms with Crippen LogP contribution in [-0.4, -0.2) is 23.4 Å². The highest BCUT2D eigenvalue weighted by molar-refractivity contribution is 14.1. The lowest BCUT2D eigenvalue weighted by Gasteiger charge is -2.27. The second-order valence-electron chi connectivity index (χ2n) is 4.89. The van der Waals surface area contributed by atoms with E-state index in [1.165, 1.54) is 12.5 Å². The molecule has 1 saturated carbocycles. The molecule has 17 heavy (non-hydrogen) atoms. The highest BCUT2D eigenvalue weighted by Crippen LogP contribution is 2.38. The molecule has 2 atom stereocenters. The van der Waals surface area contributed by atoms with E-state index >= 15 is 0 Å². The van der Waals surface area contributed by atoms with Crippen LogP contribution in [0.25, 0.3) is 0 Å². The first-order valence-electron chi connectivity index (χ1n) is 5.92. The van der Waals surface area contributed by atoms with Crippen LogP contribution in [0.15, 0.2) is 18.2 Å². The van der Waals surface area contributed by atoms with E-state index in [1.54, 1.807) is 12.1 Å². The van der Waals surface area contributed by atoms with Gasteiger partial charge in [0.2, 0.25) is 0 Å². The summed E-state index contributed by atoms with van der Waals surface area (Å²) in [6, 6.07) is 5.14. The van der Waals surface area contributed by atoms with E-state index in [0.29, 0.717) is 15.5 Å². The van der Waals surface area contributed by atoms with E-state index in [4.69, 9.17) is 0 Å². The summed E-state index contributed by atoms with van der Waals surface area (Å²) < 4.78 is 14.4. The molecule has 0 aromatic heterocycles. The number of halogens is 2. The summed E-state index contributed by atoms with van der Waals surface area (Å²) in [6.45, 7) is 0.813. The summed E-state index contributed by atoms with van der Waals surface area (Å²) in [6.07, 6.45) is 3.42. The summed E-state index contributed by atoms with van der Waals surface area (Å²) in [4.78, 5) is 14.2. The van der Waals surface area contributed by atoms with Crippen molar-refractivity contribution < 1.29 is 9.18 Å². The van der Waals surface area contributed by atoms with Gasteiger partial charge in [0.05, 0.1) is 5.56 Å². The van der Waals surface area contributed by atoms with E-state index in [1.807, 2.05) is 27.5 Å². The summed E-state index contributed by atoms with van der Waals surface area (Å²) in [5, 5.41) is 0. The maximum Gasteiger partial charge on any atom is 0.258 e. The number of rotatable bonds is 1. The Morgan fingerprint density at radius 3 is 2.82 bits per heavy atom. The Kier molecular flexibility index (Phi) is 2.84. The number of amides is 1. The Morgan fingerprint density at radius 2 is 2.24 bits per heavy atom. The Hall–Kier alpha value is -0.650. The van der Waals surface area contributed by atoms with Gasteiger partial charge >= 0.3 is 0 Å². The van der Waals surface area contributed by atoms with Crippen LogP contribution < -0.4 is 0 Å². The Labute approximate surface area is 113 Å². The lowest BCUT2D eigenvalue weighted by atomic mass is 10.1. The number of carbonyl (C=O) groups excluding carboxylic acids is 1. The van der Waals surface area contributed by atoms with Crippen molar-refractivity contribution in [1.29, 1.82) is 0 Å². The van der Waals surface area contributed by atoms with Crippen molar-refractivity contribution in [3.05, 3.63) is 33.1 Å². The van der Waals surface area contributed by atoms with E-state index in [9.17, 15) is 9.18 Å². The molecule has 0 unspecified atom stereocenters. The molecule has 1 aliphatic carbocycles. The van der Waals surface area contributed by atoms with Gasteiger partial charge < -0.3 is 4.90 Å². The number of likely N-dealkylation sites (tertiary alicyclic amines) is 1. The van der Waals surface area contributed by atoms with Gasteiger partial charge in [-0.25, -0.2) is 4.39 Å². The molecule has 3 rings (SSSR count). The van der Waals surface area contributed by atoms with Gasteiger partial charge in [-0.05, 0) is 59.9 Å². The van der Waals surface area contributed by atoms with Gasteiger partial charge in [-0.1, -0.05) is 6.07 Å². The predicted octanol–water partition coefficient (Wildman–Crippen LogP) is 3.05. The third kappa shape index (κ3) is 1.86. The minimum Gasteiger partial charge on any atom is -0.335 e. The minimum absolute atomic E-state index is 0.125. The first kappa shape index (κ1) is 11.4. The third-order valence-electron chi connectivity index (χ3n) is 3.85. The Bertz CT molecular complexity index is 456. The number of piperidine rings is 1. The highest BCUT2D eigenvalue weighted by atomic mass is 127. The van der Waals surface area contributed by atoms with Crippen LogP contribution in [0.4, 0.5) is 4.39 Å². The molecule has 1 aliphatic heterocycles. The van der Waals surface area contributed by atoms with Crippen LogP contribution in [0.1, 0.15) is 29.6 Å². The molecule has 90 valence electrons. The van der Waals surface area contributed by atoms with Gasteiger partial charge in [0.1, 0.15) is 5.82 Å². The average molecular weight is 345 g/mol. The van der Waals surface area contributed by atoms with E-state index in [-0.39, 0.29) is 11.5 Å². The molecule has 4 heteroatoms. The van der Waals surface area contributed by atoms with Crippen molar-refractivity contribution in [2.24, 2.45) is 5.92 Å². The topological polar surface area (TPSA) is 20.3 Å². The Balaban J connectivity index is 1.92. The van der Waals surface area contributed by atoms with Crippen molar-refractivity contribution in [3.8, 4) is 0 Å². The predicted molar refractivity (Wildman–Crippen MR) is 71.3 cm³/mol. The van der Waals surface area contributed by atoms with Crippen molar-refractivity contribution in [1.82, 2.24) is 4.90 Å². The number of fused-ring (bicyclic) bond motifs is 2. The van der Waals surface area contributed by atoms with E-state index in [0.717, 1.165) is 19.4 Å². The van der Waals surface area contributed by atoms with Gasteiger partial charge in [-0.2, -0.15) is 0 Å². The molecule has 1 aromatic carbocycles. The monoisotopic (exact) mass is 345 g/mol. The first-order valence-corrected chi connectivity index (χ1v) is 6.99. The molecule has 1 heterocycles. The van der Waals surface area contributed by atoms with Gasteiger partial charge in [-0.15, -0.1) is 0 Å². The zero-order valence-electron chi connectivity index (χ0n) is 9.33. The fraction of sp³-hybridized carbons (Fsp3) is 0.462. The minimum atomic E-state index is -0.398. The fourth-order valence-corrected chi connectivity index (χ4v) is 3.72. The van der Waals surface area contributed by atoms with Crippen molar-refractivity contribution in [2.75, 3.05) is 6.54 Å². The molecule has 2 nitrogen and oxygen atoms in total. The lowest BCUT2D eigenvalue weighted by molar-refractivity contribution is 0.0697. The smallest absolute Gasteiger partial charge is 0.258 e. The average Bonchev–Trinajstić information content (AvgIpc) is 2.90. The quantitative estimate of drug-likeness (QED) is 0.717. The molecule has 1 amide bonds. The first-order chi connectivity index (χ1) is 8.16.